The molecule has 0 atom stereocenters. The third kappa shape index (κ3) is 5.19. The molecule has 0 unspecified atom stereocenters. The van der Waals surface area contributed by atoms with Crippen LogP contribution in [-0.4, -0.2) is 60.3 Å². The molecule has 0 bridgehead atoms. The summed E-state index contributed by atoms with van der Waals surface area (Å²) in [6, 6.07) is 16.4. The fourth-order valence-electron chi connectivity index (χ4n) is 4.28. The number of rotatable bonds is 6. The second-order valence-corrected chi connectivity index (χ2v) is 10.2. The molecule has 0 aliphatic carbocycles. The van der Waals surface area contributed by atoms with Crippen LogP contribution in [0.15, 0.2) is 84.1 Å². The Hall–Kier alpha value is -3.89. The van der Waals surface area contributed by atoms with Crippen molar-refractivity contribution in [1.29, 1.82) is 0 Å². The molecule has 10 heteroatoms. The van der Waals surface area contributed by atoms with Gasteiger partial charge in [-0.15, -0.1) is 0 Å². The van der Waals surface area contributed by atoms with Gasteiger partial charge in [0.05, 0.1) is 11.7 Å². The molecule has 1 fully saturated rings. The van der Waals surface area contributed by atoms with Gasteiger partial charge in [-0.1, -0.05) is 18.2 Å². The van der Waals surface area contributed by atoms with Crippen molar-refractivity contribution < 1.29 is 17.6 Å². The molecule has 8 nitrogen and oxygen atoms in total. The highest BCUT2D eigenvalue weighted by molar-refractivity contribution is 7.93. The Labute approximate surface area is 208 Å². The number of hydrogen-bond acceptors (Lipinski definition) is 6. The number of nitrogens with zero attached hydrogens (tertiary/aromatic N) is 4. The van der Waals surface area contributed by atoms with E-state index in [4.69, 9.17) is 0 Å². The molecule has 1 aliphatic rings. The highest BCUT2D eigenvalue weighted by Crippen LogP contribution is 2.23. The Bertz CT molecular complexity index is 1500. The lowest BCUT2D eigenvalue weighted by Gasteiger charge is -2.34. The zero-order valence-electron chi connectivity index (χ0n) is 19.3. The average Bonchev–Trinajstić information content (AvgIpc) is 2.89. The summed E-state index contributed by atoms with van der Waals surface area (Å²) in [6.45, 7) is 3.00. The Morgan fingerprint density at radius 3 is 2.47 bits per heavy atom. The van der Waals surface area contributed by atoms with Crippen molar-refractivity contribution in [2.24, 2.45) is 0 Å². The molecule has 3 heterocycles. The highest BCUT2D eigenvalue weighted by atomic mass is 32.2. The van der Waals surface area contributed by atoms with Gasteiger partial charge in [-0.3, -0.25) is 24.4 Å². The Morgan fingerprint density at radius 2 is 1.72 bits per heavy atom. The van der Waals surface area contributed by atoms with Crippen molar-refractivity contribution in [3.63, 3.8) is 0 Å². The number of hydrogen-bond donors (Lipinski definition) is 1. The van der Waals surface area contributed by atoms with E-state index in [0.29, 0.717) is 49.5 Å². The van der Waals surface area contributed by atoms with Crippen molar-refractivity contribution in [1.82, 2.24) is 19.8 Å². The van der Waals surface area contributed by atoms with Gasteiger partial charge in [0.15, 0.2) is 0 Å². The number of nitrogens with one attached hydrogen (secondary N) is 1. The lowest BCUT2D eigenvalue weighted by Crippen LogP contribution is -2.48. The van der Waals surface area contributed by atoms with Gasteiger partial charge in [-0.2, -0.15) is 0 Å². The molecule has 1 saturated heterocycles. The number of fused-ring (bicyclic) bond motifs is 1. The molecule has 184 valence electrons. The number of benzene rings is 2. The van der Waals surface area contributed by atoms with Crippen LogP contribution in [-0.2, 0) is 16.6 Å². The van der Waals surface area contributed by atoms with Crippen molar-refractivity contribution in [3.8, 4) is 0 Å². The number of aromatic nitrogens is 2. The Balaban J connectivity index is 1.21. The fraction of sp³-hybridized carbons (Fsp3) is 0.192. The zero-order valence-corrected chi connectivity index (χ0v) is 20.2. The first-order valence-electron chi connectivity index (χ1n) is 11.5. The summed E-state index contributed by atoms with van der Waals surface area (Å²) in [6.07, 6.45) is 4.38. The zero-order chi connectivity index (χ0) is 25.1. The number of sulfonamides is 1. The fourth-order valence-corrected chi connectivity index (χ4v) is 5.52. The standard InChI is InChI=1S/C26H24FN5O3S/c27-22-15-19(16-28-17-22)18-31-11-13-32(14-12-31)26(33)21-6-8-23(9-7-21)30-36(34,35)24-5-1-3-20-4-2-10-29-25(20)24/h1-10,15-17,30H,11-14,18H2. The Kier molecular flexibility index (Phi) is 6.62. The maximum absolute atomic E-state index is 13.4. The number of piperazine rings is 1. The number of carbonyl (C=O) groups is 1. The number of halogens is 1. The smallest absolute Gasteiger partial charge is 0.264 e. The van der Waals surface area contributed by atoms with Crippen LogP contribution in [0.25, 0.3) is 10.9 Å². The summed E-state index contributed by atoms with van der Waals surface area (Å²) in [7, 11) is -3.87. The van der Waals surface area contributed by atoms with Gasteiger partial charge in [0.1, 0.15) is 10.7 Å². The third-order valence-electron chi connectivity index (χ3n) is 6.10. The topological polar surface area (TPSA) is 95.5 Å². The second-order valence-electron chi connectivity index (χ2n) is 8.59. The van der Waals surface area contributed by atoms with E-state index in [1.54, 1.807) is 65.8 Å². The maximum Gasteiger partial charge on any atom is 0.264 e. The van der Waals surface area contributed by atoms with E-state index in [1.807, 2.05) is 0 Å². The van der Waals surface area contributed by atoms with Crippen LogP contribution < -0.4 is 4.72 Å². The van der Waals surface area contributed by atoms with Crippen LogP contribution in [0.4, 0.5) is 10.1 Å². The molecule has 0 saturated carbocycles. The van der Waals surface area contributed by atoms with Crippen molar-refractivity contribution in [2.45, 2.75) is 11.4 Å². The van der Waals surface area contributed by atoms with Crippen molar-refractivity contribution >= 4 is 32.5 Å². The van der Waals surface area contributed by atoms with Gasteiger partial charge in [0.25, 0.3) is 15.9 Å². The molecule has 1 N–H and O–H groups in total. The average molecular weight is 506 g/mol. The van der Waals surface area contributed by atoms with E-state index >= 15 is 0 Å². The summed E-state index contributed by atoms with van der Waals surface area (Å²) in [5, 5.41) is 0.731. The largest absolute Gasteiger partial charge is 0.336 e. The van der Waals surface area contributed by atoms with Gasteiger partial charge in [0, 0.05) is 61.8 Å². The van der Waals surface area contributed by atoms with Crippen molar-refractivity contribution in [3.05, 3.63) is 96.2 Å². The first-order valence-corrected chi connectivity index (χ1v) is 12.9. The van der Waals surface area contributed by atoms with Crippen LogP contribution >= 0.6 is 0 Å². The minimum atomic E-state index is -3.87. The third-order valence-corrected chi connectivity index (χ3v) is 7.51. The second kappa shape index (κ2) is 10.00. The van der Waals surface area contributed by atoms with Crippen LogP contribution in [0, 0.1) is 5.82 Å². The van der Waals surface area contributed by atoms with Gasteiger partial charge < -0.3 is 4.90 Å². The molecular formula is C26H24FN5O3S. The Morgan fingerprint density at radius 1 is 0.972 bits per heavy atom. The molecule has 0 radical (unpaired) electrons. The van der Waals surface area contributed by atoms with E-state index in [1.165, 1.54) is 18.3 Å². The predicted molar refractivity (Wildman–Crippen MR) is 134 cm³/mol. The molecule has 1 aliphatic heterocycles. The summed E-state index contributed by atoms with van der Waals surface area (Å²) < 4.78 is 42.0. The SMILES string of the molecule is O=C(c1ccc(NS(=O)(=O)c2cccc3cccnc23)cc1)N1CCN(Cc2cncc(F)c2)CC1. The van der Waals surface area contributed by atoms with E-state index in [2.05, 4.69) is 19.6 Å². The summed E-state index contributed by atoms with van der Waals surface area (Å²) >= 11 is 0. The number of para-hydroxylation sites is 1. The first-order chi connectivity index (χ1) is 17.4. The minimum Gasteiger partial charge on any atom is -0.336 e. The summed E-state index contributed by atoms with van der Waals surface area (Å²) in [4.78, 5) is 25.1. The monoisotopic (exact) mass is 505 g/mol. The van der Waals surface area contributed by atoms with Crippen LogP contribution in [0.5, 0.6) is 0 Å². The summed E-state index contributed by atoms with van der Waals surface area (Å²) in [5.41, 5.74) is 2.03. The van der Waals surface area contributed by atoms with E-state index in [0.717, 1.165) is 10.9 Å². The van der Waals surface area contributed by atoms with Crippen LogP contribution in [0.3, 0.4) is 0 Å². The molecule has 5 rings (SSSR count). The molecule has 1 amide bonds. The van der Waals surface area contributed by atoms with E-state index in [9.17, 15) is 17.6 Å². The normalized spacial score (nSPS) is 14.6. The minimum absolute atomic E-state index is 0.0904. The summed E-state index contributed by atoms with van der Waals surface area (Å²) in [5.74, 6) is -0.476. The maximum atomic E-state index is 13.4. The number of amides is 1. The molecule has 36 heavy (non-hydrogen) atoms. The quantitative estimate of drug-likeness (QED) is 0.431. The van der Waals surface area contributed by atoms with Gasteiger partial charge in [0.2, 0.25) is 0 Å². The van der Waals surface area contributed by atoms with Gasteiger partial charge in [-0.05, 0) is 48.0 Å². The first kappa shape index (κ1) is 23.8. The predicted octanol–water partition coefficient (Wildman–Crippen LogP) is 3.53. The number of anilines is 1. The van der Waals surface area contributed by atoms with Crippen LogP contribution in [0.2, 0.25) is 0 Å². The van der Waals surface area contributed by atoms with Crippen molar-refractivity contribution in [2.75, 3.05) is 30.9 Å². The van der Waals surface area contributed by atoms with Gasteiger partial charge in [-0.25, -0.2) is 12.8 Å². The highest BCUT2D eigenvalue weighted by Gasteiger charge is 2.23. The molecular weight excluding hydrogens is 481 g/mol. The molecule has 2 aromatic carbocycles. The van der Waals surface area contributed by atoms with E-state index < -0.39 is 10.0 Å². The molecule has 4 aromatic rings. The van der Waals surface area contributed by atoms with Crippen LogP contribution in [0.1, 0.15) is 15.9 Å². The number of carbonyl (C=O) groups excluding carboxylic acids is 1. The van der Waals surface area contributed by atoms with Gasteiger partial charge >= 0.3 is 0 Å². The lowest BCUT2D eigenvalue weighted by molar-refractivity contribution is 0.0628. The molecule has 2 aromatic heterocycles. The van der Waals surface area contributed by atoms with E-state index in [-0.39, 0.29) is 16.6 Å². The lowest BCUT2D eigenvalue weighted by atomic mass is 10.1. The molecule has 0 spiro atoms. The number of pyridine rings is 2.